The Morgan fingerprint density at radius 1 is 1.14 bits per heavy atom. The lowest BCUT2D eigenvalue weighted by molar-refractivity contribution is 0.00991. The number of para-hydroxylation sites is 1. The minimum atomic E-state index is 0.375. The number of nitrogens with zero attached hydrogens (tertiary/aromatic N) is 3. The van der Waals surface area contributed by atoms with Gasteiger partial charge in [0.2, 0.25) is 0 Å². The van der Waals surface area contributed by atoms with Crippen LogP contribution in [0.25, 0.3) is 0 Å². The Morgan fingerprint density at radius 2 is 1.89 bits per heavy atom. The maximum Gasteiger partial charge on any atom is 0.193 e. The third-order valence-corrected chi connectivity index (χ3v) is 5.20. The van der Waals surface area contributed by atoms with E-state index in [1.807, 2.05) is 7.05 Å². The summed E-state index contributed by atoms with van der Waals surface area (Å²) in [6.07, 6.45) is 5.77. The number of hydrogen-bond acceptors (Lipinski definition) is 4. The first-order valence-corrected chi connectivity index (χ1v) is 10.6. The van der Waals surface area contributed by atoms with Gasteiger partial charge in [-0.1, -0.05) is 18.2 Å². The van der Waals surface area contributed by atoms with Crippen LogP contribution in [-0.2, 0) is 9.47 Å². The van der Waals surface area contributed by atoms with Crippen molar-refractivity contribution < 1.29 is 9.47 Å². The maximum atomic E-state index is 5.95. The van der Waals surface area contributed by atoms with E-state index in [1.165, 1.54) is 5.69 Å². The molecule has 0 amide bonds. The van der Waals surface area contributed by atoms with Crippen molar-refractivity contribution in [2.45, 2.75) is 38.2 Å². The van der Waals surface area contributed by atoms with E-state index in [1.54, 1.807) is 7.11 Å². The number of likely N-dealkylation sites (tertiary alicyclic amines) is 1. The van der Waals surface area contributed by atoms with Gasteiger partial charge in [-0.2, -0.15) is 0 Å². The highest BCUT2D eigenvalue weighted by atomic mass is 16.5. The fourth-order valence-corrected chi connectivity index (χ4v) is 3.51. The Labute approximate surface area is 170 Å². The number of aliphatic imine (C=N–C) groups is 1. The van der Waals surface area contributed by atoms with Crippen molar-refractivity contribution in [3.05, 3.63) is 30.3 Å². The van der Waals surface area contributed by atoms with Gasteiger partial charge < -0.3 is 24.6 Å². The highest BCUT2D eigenvalue weighted by Crippen LogP contribution is 2.14. The molecule has 0 saturated carbocycles. The lowest BCUT2D eigenvalue weighted by atomic mass is 10.1. The molecule has 1 aromatic rings. The lowest BCUT2D eigenvalue weighted by Gasteiger charge is -2.34. The number of unbranched alkanes of at least 4 members (excludes halogenated alkanes) is 1. The van der Waals surface area contributed by atoms with Gasteiger partial charge in [-0.3, -0.25) is 4.99 Å². The first-order chi connectivity index (χ1) is 13.7. The smallest absolute Gasteiger partial charge is 0.193 e. The second kappa shape index (κ2) is 13.4. The number of methoxy groups -OCH3 is 1. The van der Waals surface area contributed by atoms with Crippen LogP contribution in [-0.4, -0.2) is 77.6 Å². The molecular formula is C22H38N4O2. The summed E-state index contributed by atoms with van der Waals surface area (Å²) in [4.78, 5) is 9.13. The van der Waals surface area contributed by atoms with Crippen LogP contribution in [0.5, 0.6) is 0 Å². The summed E-state index contributed by atoms with van der Waals surface area (Å²) >= 11 is 0. The topological polar surface area (TPSA) is 49.3 Å². The van der Waals surface area contributed by atoms with Gasteiger partial charge >= 0.3 is 0 Å². The molecule has 0 unspecified atom stereocenters. The molecule has 1 saturated heterocycles. The van der Waals surface area contributed by atoms with Gasteiger partial charge in [0, 0.05) is 66.3 Å². The van der Waals surface area contributed by atoms with Crippen LogP contribution in [0.3, 0.4) is 0 Å². The van der Waals surface area contributed by atoms with E-state index in [-0.39, 0.29) is 0 Å². The number of anilines is 1. The molecule has 1 aliphatic rings. The Hall–Kier alpha value is -1.79. The molecule has 0 spiro atoms. The monoisotopic (exact) mass is 390 g/mol. The Morgan fingerprint density at radius 3 is 2.57 bits per heavy atom. The Kier molecular flexibility index (Phi) is 10.8. The molecule has 1 heterocycles. The van der Waals surface area contributed by atoms with Crippen molar-refractivity contribution in [1.82, 2.24) is 10.2 Å². The summed E-state index contributed by atoms with van der Waals surface area (Å²) in [7, 11) is 5.76. The van der Waals surface area contributed by atoms with Gasteiger partial charge in [0.1, 0.15) is 0 Å². The molecule has 0 aliphatic carbocycles. The van der Waals surface area contributed by atoms with Crippen LogP contribution in [0.1, 0.15) is 32.1 Å². The van der Waals surface area contributed by atoms with E-state index >= 15 is 0 Å². The fraction of sp³-hybridized carbons (Fsp3) is 0.682. The molecule has 1 aliphatic heterocycles. The van der Waals surface area contributed by atoms with Crippen LogP contribution in [0.4, 0.5) is 5.69 Å². The van der Waals surface area contributed by atoms with Crippen molar-refractivity contribution in [3.8, 4) is 0 Å². The summed E-state index contributed by atoms with van der Waals surface area (Å²) in [5, 5.41) is 3.53. The lowest BCUT2D eigenvalue weighted by Crippen LogP contribution is -2.47. The predicted octanol–water partition coefficient (Wildman–Crippen LogP) is 3.00. The minimum Gasteiger partial charge on any atom is -0.385 e. The van der Waals surface area contributed by atoms with Gasteiger partial charge in [0.05, 0.1) is 6.10 Å². The van der Waals surface area contributed by atoms with Crippen LogP contribution in [0.15, 0.2) is 35.3 Å². The molecular weight excluding hydrogens is 352 g/mol. The Bertz CT molecular complexity index is 545. The van der Waals surface area contributed by atoms with Gasteiger partial charge in [0.15, 0.2) is 5.96 Å². The number of benzene rings is 1. The molecule has 158 valence electrons. The molecule has 1 fully saturated rings. The molecule has 0 bridgehead atoms. The summed E-state index contributed by atoms with van der Waals surface area (Å²) in [6.45, 7) is 5.61. The van der Waals surface area contributed by atoms with Crippen molar-refractivity contribution in [2.24, 2.45) is 4.99 Å². The molecule has 1 aromatic carbocycles. The molecule has 0 atom stereocenters. The molecule has 6 heteroatoms. The molecule has 1 N–H and O–H groups in total. The summed E-state index contributed by atoms with van der Waals surface area (Å²) in [5.41, 5.74) is 1.28. The van der Waals surface area contributed by atoms with Crippen LogP contribution in [0, 0.1) is 0 Å². The fourth-order valence-electron chi connectivity index (χ4n) is 3.51. The Balaban J connectivity index is 1.58. The average molecular weight is 391 g/mol. The van der Waals surface area contributed by atoms with Crippen molar-refractivity contribution in [1.29, 1.82) is 0 Å². The van der Waals surface area contributed by atoms with Gasteiger partial charge in [-0.05, 0) is 44.2 Å². The first kappa shape index (κ1) is 22.5. The van der Waals surface area contributed by atoms with E-state index in [0.717, 1.165) is 77.5 Å². The van der Waals surface area contributed by atoms with Crippen molar-refractivity contribution in [2.75, 3.05) is 65.5 Å². The zero-order valence-electron chi connectivity index (χ0n) is 17.9. The molecule has 0 radical (unpaired) electrons. The van der Waals surface area contributed by atoms with Gasteiger partial charge in [-0.25, -0.2) is 0 Å². The summed E-state index contributed by atoms with van der Waals surface area (Å²) in [5.74, 6) is 1.02. The van der Waals surface area contributed by atoms with E-state index in [0.29, 0.717) is 6.10 Å². The average Bonchev–Trinajstić information content (AvgIpc) is 2.75. The highest BCUT2D eigenvalue weighted by molar-refractivity contribution is 5.79. The highest BCUT2D eigenvalue weighted by Gasteiger charge is 2.21. The SMILES string of the molecule is CN=C(NCCCCN(C)c1ccccc1)N1CCC(OCCCOC)CC1. The third-order valence-electron chi connectivity index (χ3n) is 5.20. The minimum absolute atomic E-state index is 0.375. The first-order valence-electron chi connectivity index (χ1n) is 10.6. The molecule has 6 nitrogen and oxygen atoms in total. The molecule has 28 heavy (non-hydrogen) atoms. The number of piperidine rings is 1. The van der Waals surface area contributed by atoms with E-state index in [4.69, 9.17) is 9.47 Å². The van der Waals surface area contributed by atoms with Crippen molar-refractivity contribution >= 4 is 11.6 Å². The van der Waals surface area contributed by atoms with Crippen molar-refractivity contribution in [3.63, 3.8) is 0 Å². The van der Waals surface area contributed by atoms with Crippen LogP contribution < -0.4 is 10.2 Å². The third kappa shape index (κ3) is 8.07. The standard InChI is InChI=1S/C22H38N4O2/c1-23-22(26-16-12-21(13-17-26)28-19-9-18-27-3)24-14-7-8-15-25(2)20-10-5-4-6-11-20/h4-6,10-11,21H,7-9,12-19H2,1-3H3,(H,23,24). The number of ether oxygens (including phenoxy) is 2. The second-order valence-corrected chi connectivity index (χ2v) is 7.34. The predicted molar refractivity (Wildman–Crippen MR) is 117 cm³/mol. The van der Waals surface area contributed by atoms with Gasteiger partial charge in [-0.15, -0.1) is 0 Å². The zero-order valence-corrected chi connectivity index (χ0v) is 17.9. The quantitative estimate of drug-likeness (QED) is 0.358. The number of rotatable bonds is 11. The maximum absolute atomic E-state index is 5.95. The van der Waals surface area contributed by atoms with E-state index in [2.05, 4.69) is 57.5 Å². The van der Waals surface area contributed by atoms with Gasteiger partial charge in [0.25, 0.3) is 0 Å². The second-order valence-electron chi connectivity index (χ2n) is 7.34. The normalized spacial score (nSPS) is 15.7. The summed E-state index contributed by atoms with van der Waals surface area (Å²) < 4.78 is 11.0. The summed E-state index contributed by atoms with van der Waals surface area (Å²) in [6, 6.07) is 10.6. The largest absolute Gasteiger partial charge is 0.385 e. The molecule has 0 aromatic heterocycles. The van der Waals surface area contributed by atoms with Crippen LogP contribution >= 0.6 is 0 Å². The molecule has 2 rings (SSSR count). The van der Waals surface area contributed by atoms with E-state index in [9.17, 15) is 0 Å². The number of nitrogens with one attached hydrogen (secondary N) is 1. The van der Waals surface area contributed by atoms with E-state index < -0.39 is 0 Å². The number of guanidine groups is 1. The van der Waals surface area contributed by atoms with Crippen LogP contribution in [0.2, 0.25) is 0 Å². The zero-order chi connectivity index (χ0) is 20.0. The number of hydrogen-bond donors (Lipinski definition) is 1.